The van der Waals surface area contributed by atoms with Crippen LogP contribution in [0.5, 0.6) is 0 Å². The zero-order chi connectivity index (χ0) is 12.5. The van der Waals surface area contributed by atoms with Crippen LogP contribution >= 0.6 is 0 Å². The number of carbonyl (C=O) groups is 1. The topological polar surface area (TPSA) is 60.2 Å². The molecule has 0 saturated carbocycles. The number of Topliss-reactive ketones (excluding diaryl/α,β-unsaturated/α-hetero) is 1. The van der Waals surface area contributed by atoms with E-state index in [-0.39, 0.29) is 5.56 Å². The lowest BCUT2D eigenvalue weighted by Crippen LogP contribution is -2.09. The van der Waals surface area contributed by atoms with Crippen LogP contribution < -0.4 is 0 Å². The van der Waals surface area contributed by atoms with E-state index >= 15 is 0 Å². The van der Waals surface area contributed by atoms with Gasteiger partial charge < -0.3 is 0 Å². The number of rotatable bonds is 3. The van der Waals surface area contributed by atoms with Crippen LogP contribution in [0.4, 0.5) is 14.5 Å². The van der Waals surface area contributed by atoms with E-state index in [9.17, 15) is 23.7 Å². The Bertz CT molecular complexity index is 460. The summed E-state index contributed by atoms with van der Waals surface area (Å²) >= 11 is 0. The lowest BCUT2D eigenvalue weighted by Gasteiger charge is -2.09. The molecule has 6 heteroatoms. The molecule has 0 bridgehead atoms. The van der Waals surface area contributed by atoms with Crippen molar-refractivity contribution in [1.82, 2.24) is 0 Å². The van der Waals surface area contributed by atoms with Crippen molar-refractivity contribution in [3.63, 3.8) is 0 Å². The van der Waals surface area contributed by atoms with Crippen molar-refractivity contribution < 1.29 is 18.5 Å². The number of hydrogen-bond donors (Lipinski definition) is 0. The van der Waals surface area contributed by atoms with Gasteiger partial charge in [0.05, 0.1) is 4.92 Å². The molecule has 0 aromatic heterocycles. The maximum Gasteiger partial charge on any atom is 0.308 e. The lowest BCUT2D eigenvalue weighted by atomic mass is 9.95. The number of hydrogen-bond acceptors (Lipinski definition) is 3. The van der Waals surface area contributed by atoms with Gasteiger partial charge in [-0.15, -0.1) is 0 Å². The Hall–Kier alpha value is -1.85. The molecule has 0 spiro atoms. The van der Waals surface area contributed by atoms with Crippen molar-refractivity contribution in [2.24, 2.45) is 0 Å². The highest BCUT2D eigenvalue weighted by atomic mass is 19.1. The number of halogens is 2. The Kier molecular flexibility index (Phi) is 3.31. The summed E-state index contributed by atoms with van der Waals surface area (Å²) in [5.74, 6) is -3.52. The number of carbonyl (C=O) groups excluding carboxylic acids is 1. The average molecular weight is 229 g/mol. The summed E-state index contributed by atoms with van der Waals surface area (Å²) in [5.41, 5.74) is -1.08. The summed E-state index contributed by atoms with van der Waals surface area (Å²) in [6.45, 7) is 2.57. The molecule has 1 unspecified atom stereocenters. The van der Waals surface area contributed by atoms with Crippen molar-refractivity contribution in [1.29, 1.82) is 0 Å². The predicted molar refractivity (Wildman–Crippen MR) is 52.1 cm³/mol. The first-order valence-electron chi connectivity index (χ1n) is 4.48. The first-order valence-corrected chi connectivity index (χ1v) is 4.48. The van der Waals surface area contributed by atoms with Gasteiger partial charge in [-0.1, -0.05) is 6.92 Å². The van der Waals surface area contributed by atoms with Crippen LogP contribution in [0.2, 0.25) is 0 Å². The highest BCUT2D eigenvalue weighted by molar-refractivity contribution is 5.84. The van der Waals surface area contributed by atoms with Gasteiger partial charge in [0.2, 0.25) is 5.82 Å². The quantitative estimate of drug-likeness (QED) is 0.591. The fourth-order valence-electron chi connectivity index (χ4n) is 1.33. The molecular weight excluding hydrogens is 220 g/mol. The van der Waals surface area contributed by atoms with Crippen molar-refractivity contribution in [2.75, 3.05) is 0 Å². The summed E-state index contributed by atoms with van der Waals surface area (Å²) in [7, 11) is 0. The normalized spacial score (nSPS) is 12.2. The number of ketones is 1. The summed E-state index contributed by atoms with van der Waals surface area (Å²) in [5, 5.41) is 10.6. The molecule has 1 rings (SSSR count). The van der Waals surface area contributed by atoms with Crippen LogP contribution in [0.25, 0.3) is 0 Å². The maximum atomic E-state index is 13.2. The van der Waals surface area contributed by atoms with Crippen molar-refractivity contribution >= 4 is 11.5 Å². The summed E-state index contributed by atoms with van der Waals surface area (Å²) in [4.78, 5) is 20.7. The SMILES string of the molecule is CC(=O)C(C)c1cc(F)cc(F)c1[N+](=O)[O-]. The number of nitrogens with zero attached hydrogens (tertiary/aromatic N) is 1. The third-order valence-electron chi connectivity index (χ3n) is 2.32. The average Bonchev–Trinajstić information content (AvgIpc) is 2.14. The van der Waals surface area contributed by atoms with Crippen LogP contribution in [0.3, 0.4) is 0 Å². The molecule has 16 heavy (non-hydrogen) atoms. The molecule has 0 N–H and O–H groups in total. The van der Waals surface area contributed by atoms with E-state index in [2.05, 4.69) is 0 Å². The van der Waals surface area contributed by atoms with E-state index in [0.29, 0.717) is 6.07 Å². The Labute approximate surface area is 90.0 Å². The second-order valence-corrected chi connectivity index (χ2v) is 3.41. The molecule has 0 fully saturated rings. The molecule has 1 aromatic carbocycles. The van der Waals surface area contributed by atoms with Gasteiger partial charge in [0.25, 0.3) is 0 Å². The number of nitro benzene ring substituents is 1. The lowest BCUT2D eigenvalue weighted by molar-refractivity contribution is -0.388. The molecule has 0 aliphatic heterocycles. The first kappa shape index (κ1) is 12.2. The molecule has 0 aliphatic carbocycles. The predicted octanol–water partition coefficient (Wildman–Crippen LogP) is 2.57. The van der Waals surface area contributed by atoms with Crippen molar-refractivity contribution in [3.05, 3.63) is 39.4 Å². The molecule has 0 radical (unpaired) electrons. The van der Waals surface area contributed by atoms with Crippen LogP contribution in [0, 0.1) is 21.7 Å². The molecule has 86 valence electrons. The van der Waals surface area contributed by atoms with Gasteiger partial charge in [-0.2, -0.15) is 4.39 Å². The van der Waals surface area contributed by atoms with Gasteiger partial charge in [-0.3, -0.25) is 14.9 Å². The van der Waals surface area contributed by atoms with Crippen LogP contribution in [-0.2, 0) is 4.79 Å². The van der Waals surface area contributed by atoms with Crippen LogP contribution in [0.1, 0.15) is 25.3 Å². The van der Waals surface area contributed by atoms with Gasteiger partial charge in [0, 0.05) is 17.5 Å². The standard InChI is InChI=1S/C10H9F2NO3/c1-5(6(2)14)8-3-7(11)4-9(12)10(8)13(15)16/h3-5H,1-2H3. The largest absolute Gasteiger partial charge is 0.308 e. The monoisotopic (exact) mass is 229 g/mol. The third-order valence-corrected chi connectivity index (χ3v) is 2.32. The van der Waals surface area contributed by atoms with E-state index in [1.54, 1.807) is 0 Å². The minimum Gasteiger partial charge on any atom is -0.299 e. The fraction of sp³-hybridized carbons (Fsp3) is 0.300. The van der Waals surface area contributed by atoms with E-state index in [0.717, 1.165) is 6.07 Å². The molecule has 0 aliphatic rings. The molecule has 1 atom stereocenters. The fourth-order valence-corrected chi connectivity index (χ4v) is 1.33. The Morgan fingerprint density at radius 2 is 2.00 bits per heavy atom. The first-order chi connectivity index (χ1) is 7.34. The molecule has 0 heterocycles. The molecule has 1 aromatic rings. The smallest absolute Gasteiger partial charge is 0.299 e. The van der Waals surface area contributed by atoms with Crippen LogP contribution in [-0.4, -0.2) is 10.7 Å². The van der Waals surface area contributed by atoms with Crippen molar-refractivity contribution in [2.45, 2.75) is 19.8 Å². The zero-order valence-electron chi connectivity index (χ0n) is 8.66. The van der Waals surface area contributed by atoms with E-state index in [1.807, 2.05) is 0 Å². The van der Waals surface area contributed by atoms with E-state index < -0.39 is 33.9 Å². The molecule has 4 nitrogen and oxygen atoms in total. The third kappa shape index (κ3) is 2.21. The van der Waals surface area contributed by atoms with Gasteiger partial charge in [-0.05, 0) is 13.0 Å². The summed E-state index contributed by atoms with van der Waals surface area (Å²) in [6, 6.07) is 1.24. The summed E-state index contributed by atoms with van der Waals surface area (Å²) in [6.07, 6.45) is 0. The number of nitro groups is 1. The maximum absolute atomic E-state index is 13.2. The van der Waals surface area contributed by atoms with E-state index in [4.69, 9.17) is 0 Å². The Morgan fingerprint density at radius 3 is 2.44 bits per heavy atom. The zero-order valence-corrected chi connectivity index (χ0v) is 8.66. The highest BCUT2D eigenvalue weighted by Crippen LogP contribution is 2.30. The van der Waals surface area contributed by atoms with Crippen LogP contribution in [0.15, 0.2) is 12.1 Å². The molecule has 0 saturated heterocycles. The van der Waals surface area contributed by atoms with Crippen molar-refractivity contribution in [3.8, 4) is 0 Å². The second kappa shape index (κ2) is 4.34. The van der Waals surface area contributed by atoms with Gasteiger partial charge in [-0.25, -0.2) is 4.39 Å². The van der Waals surface area contributed by atoms with Gasteiger partial charge >= 0.3 is 5.69 Å². The Morgan fingerprint density at radius 1 is 1.44 bits per heavy atom. The Balaban J connectivity index is 3.46. The summed E-state index contributed by atoms with van der Waals surface area (Å²) < 4.78 is 26.1. The van der Waals surface area contributed by atoms with Gasteiger partial charge in [0.15, 0.2) is 0 Å². The van der Waals surface area contributed by atoms with Gasteiger partial charge in [0.1, 0.15) is 11.6 Å². The minimum absolute atomic E-state index is 0.241. The van der Waals surface area contributed by atoms with E-state index in [1.165, 1.54) is 13.8 Å². The second-order valence-electron chi connectivity index (χ2n) is 3.41. The highest BCUT2D eigenvalue weighted by Gasteiger charge is 2.27. The molecule has 0 amide bonds. The number of benzene rings is 1. The molecular formula is C10H9F2NO3. The minimum atomic E-state index is -1.27.